The first kappa shape index (κ1) is 16.0. The van der Waals surface area contributed by atoms with E-state index in [4.69, 9.17) is 0 Å². The number of nitrogens with zero attached hydrogens (tertiary/aromatic N) is 1. The van der Waals surface area contributed by atoms with Gasteiger partial charge in [-0.3, -0.25) is 9.78 Å². The van der Waals surface area contributed by atoms with Crippen LogP contribution in [0.15, 0.2) is 36.7 Å². The van der Waals surface area contributed by atoms with Gasteiger partial charge in [-0.25, -0.2) is 13.2 Å². The van der Waals surface area contributed by atoms with Gasteiger partial charge in [-0.1, -0.05) is 6.07 Å². The van der Waals surface area contributed by atoms with E-state index in [0.29, 0.717) is 6.07 Å². The van der Waals surface area contributed by atoms with Crippen molar-refractivity contribution in [1.29, 1.82) is 0 Å². The van der Waals surface area contributed by atoms with Crippen LogP contribution in [0.1, 0.15) is 22.8 Å². The van der Waals surface area contributed by atoms with E-state index in [1.165, 1.54) is 19.2 Å². The number of halogens is 3. The molecule has 2 aromatic rings. The van der Waals surface area contributed by atoms with Crippen molar-refractivity contribution in [2.75, 3.05) is 6.54 Å². The lowest BCUT2D eigenvalue weighted by molar-refractivity contribution is 0.0493. The van der Waals surface area contributed by atoms with E-state index in [0.717, 1.165) is 18.3 Å². The summed E-state index contributed by atoms with van der Waals surface area (Å²) in [6, 6.07) is 3.90. The van der Waals surface area contributed by atoms with Gasteiger partial charge in [-0.05, 0) is 19.1 Å². The van der Waals surface area contributed by atoms with Crippen LogP contribution >= 0.6 is 0 Å². The summed E-state index contributed by atoms with van der Waals surface area (Å²) in [7, 11) is 0. The van der Waals surface area contributed by atoms with Crippen LogP contribution in [0.5, 0.6) is 0 Å². The number of aliphatic hydroxyl groups is 1. The standard InChI is InChI=1S/C15H13F3N2O2/c1-15(22,11-3-2-9(16)6-12(11)17)8-20-14(21)10-4-5-19-7-13(10)18/h2-7,22H,8H2,1H3,(H,20,21). The van der Waals surface area contributed by atoms with Gasteiger partial charge in [-0.2, -0.15) is 0 Å². The number of carbonyl (C=O) groups is 1. The van der Waals surface area contributed by atoms with E-state index in [9.17, 15) is 23.1 Å². The highest BCUT2D eigenvalue weighted by Gasteiger charge is 2.28. The maximum Gasteiger partial charge on any atom is 0.254 e. The molecule has 0 fully saturated rings. The van der Waals surface area contributed by atoms with Crippen LogP contribution in [0.25, 0.3) is 0 Å². The molecule has 116 valence electrons. The summed E-state index contributed by atoms with van der Waals surface area (Å²) in [5.74, 6) is -3.30. The fourth-order valence-electron chi connectivity index (χ4n) is 1.93. The first-order valence-corrected chi connectivity index (χ1v) is 6.37. The van der Waals surface area contributed by atoms with Crippen molar-refractivity contribution in [3.8, 4) is 0 Å². The molecule has 1 heterocycles. The summed E-state index contributed by atoms with van der Waals surface area (Å²) in [5.41, 5.74) is -2.20. The molecule has 0 spiro atoms. The summed E-state index contributed by atoms with van der Waals surface area (Å²) in [6.07, 6.45) is 2.13. The zero-order valence-electron chi connectivity index (χ0n) is 11.6. The van der Waals surface area contributed by atoms with Crippen LogP contribution < -0.4 is 5.32 Å². The number of hydrogen-bond donors (Lipinski definition) is 2. The number of hydrogen-bond acceptors (Lipinski definition) is 3. The molecule has 1 atom stereocenters. The Morgan fingerprint density at radius 1 is 1.27 bits per heavy atom. The minimum atomic E-state index is -1.78. The summed E-state index contributed by atoms with van der Waals surface area (Å²) < 4.78 is 40.0. The second-order valence-corrected chi connectivity index (χ2v) is 4.94. The van der Waals surface area contributed by atoms with Gasteiger partial charge in [0.25, 0.3) is 5.91 Å². The molecule has 0 aliphatic rings. The van der Waals surface area contributed by atoms with E-state index < -0.39 is 29.0 Å². The quantitative estimate of drug-likeness (QED) is 0.909. The summed E-state index contributed by atoms with van der Waals surface area (Å²) in [4.78, 5) is 15.4. The molecule has 0 radical (unpaired) electrons. The fraction of sp³-hybridized carbons (Fsp3) is 0.200. The zero-order valence-corrected chi connectivity index (χ0v) is 11.6. The van der Waals surface area contributed by atoms with E-state index in [2.05, 4.69) is 10.3 Å². The van der Waals surface area contributed by atoms with E-state index in [-0.39, 0.29) is 17.7 Å². The molecule has 22 heavy (non-hydrogen) atoms. The Balaban J connectivity index is 2.13. The molecule has 0 bridgehead atoms. The predicted molar refractivity (Wildman–Crippen MR) is 72.5 cm³/mol. The molecular formula is C15H13F3N2O2. The van der Waals surface area contributed by atoms with E-state index in [1.807, 2.05) is 0 Å². The average molecular weight is 310 g/mol. The summed E-state index contributed by atoms with van der Waals surface area (Å²) in [5, 5.41) is 12.5. The molecule has 0 aliphatic carbocycles. The van der Waals surface area contributed by atoms with Gasteiger partial charge in [0.1, 0.15) is 17.2 Å². The Kier molecular flexibility index (Phi) is 4.46. The number of carbonyl (C=O) groups excluding carboxylic acids is 1. The second-order valence-electron chi connectivity index (χ2n) is 4.94. The molecule has 1 aromatic carbocycles. The van der Waals surface area contributed by atoms with Gasteiger partial charge < -0.3 is 10.4 Å². The highest BCUT2D eigenvalue weighted by molar-refractivity contribution is 5.94. The molecular weight excluding hydrogens is 297 g/mol. The minimum absolute atomic E-state index is 0.176. The Morgan fingerprint density at radius 2 is 2.00 bits per heavy atom. The Morgan fingerprint density at radius 3 is 2.64 bits per heavy atom. The number of benzene rings is 1. The molecule has 0 saturated heterocycles. The predicted octanol–water partition coefficient (Wildman–Crippen LogP) is 2.14. The molecule has 1 aromatic heterocycles. The minimum Gasteiger partial charge on any atom is -0.383 e. The van der Waals surface area contributed by atoms with Crippen molar-refractivity contribution < 1.29 is 23.1 Å². The largest absolute Gasteiger partial charge is 0.383 e. The molecule has 0 saturated carbocycles. The van der Waals surface area contributed by atoms with Crippen molar-refractivity contribution in [3.63, 3.8) is 0 Å². The SMILES string of the molecule is CC(O)(CNC(=O)c1ccncc1F)c1ccc(F)cc1F. The van der Waals surface area contributed by atoms with Crippen LogP contribution in [-0.4, -0.2) is 22.5 Å². The second kappa shape index (κ2) is 6.15. The van der Waals surface area contributed by atoms with Crippen molar-refractivity contribution >= 4 is 5.91 Å². The smallest absolute Gasteiger partial charge is 0.254 e. The Hall–Kier alpha value is -2.41. The number of pyridine rings is 1. The van der Waals surface area contributed by atoms with Crippen molar-refractivity contribution in [1.82, 2.24) is 10.3 Å². The normalized spacial score (nSPS) is 13.5. The maximum atomic E-state index is 13.7. The first-order valence-electron chi connectivity index (χ1n) is 6.37. The van der Waals surface area contributed by atoms with E-state index in [1.54, 1.807) is 0 Å². The van der Waals surface area contributed by atoms with Crippen LogP contribution in [-0.2, 0) is 5.60 Å². The van der Waals surface area contributed by atoms with Gasteiger partial charge in [0.2, 0.25) is 0 Å². The van der Waals surface area contributed by atoms with E-state index >= 15 is 0 Å². The van der Waals surface area contributed by atoms with Gasteiger partial charge in [0.15, 0.2) is 5.82 Å². The van der Waals surface area contributed by atoms with Crippen LogP contribution in [0.2, 0.25) is 0 Å². The molecule has 1 unspecified atom stereocenters. The third-order valence-corrected chi connectivity index (χ3v) is 3.12. The highest BCUT2D eigenvalue weighted by Crippen LogP contribution is 2.23. The number of nitrogens with one attached hydrogen (secondary N) is 1. The fourth-order valence-corrected chi connectivity index (χ4v) is 1.93. The lowest BCUT2D eigenvalue weighted by Gasteiger charge is -2.24. The zero-order chi connectivity index (χ0) is 16.3. The van der Waals surface area contributed by atoms with Crippen LogP contribution in [0, 0.1) is 17.5 Å². The lowest BCUT2D eigenvalue weighted by Crippen LogP contribution is -2.39. The van der Waals surface area contributed by atoms with Gasteiger partial charge >= 0.3 is 0 Å². The number of amides is 1. The monoisotopic (exact) mass is 310 g/mol. The Labute approximate surface area is 124 Å². The van der Waals surface area contributed by atoms with Gasteiger partial charge in [0, 0.05) is 17.8 Å². The molecule has 2 rings (SSSR count). The summed E-state index contributed by atoms with van der Waals surface area (Å²) in [6.45, 7) is 0.878. The number of rotatable bonds is 4. The highest BCUT2D eigenvalue weighted by atomic mass is 19.1. The van der Waals surface area contributed by atoms with Crippen LogP contribution in [0.3, 0.4) is 0 Å². The van der Waals surface area contributed by atoms with Crippen molar-refractivity contribution in [3.05, 3.63) is 65.2 Å². The maximum absolute atomic E-state index is 13.7. The van der Waals surface area contributed by atoms with Gasteiger partial charge in [0.05, 0.1) is 18.3 Å². The van der Waals surface area contributed by atoms with Gasteiger partial charge in [-0.15, -0.1) is 0 Å². The molecule has 1 amide bonds. The topological polar surface area (TPSA) is 62.2 Å². The molecule has 0 aliphatic heterocycles. The van der Waals surface area contributed by atoms with Crippen molar-refractivity contribution in [2.24, 2.45) is 0 Å². The first-order chi connectivity index (χ1) is 10.3. The lowest BCUT2D eigenvalue weighted by atomic mass is 9.95. The van der Waals surface area contributed by atoms with Crippen molar-refractivity contribution in [2.45, 2.75) is 12.5 Å². The Bertz CT molecular complexity index is 705. The average Bonchev–Trinajstić information content (AvgIpc) is 2.45. The third-order valence-electron chi connectivity index (χ3n) is 3.12. The third kappa shape index (κ3) is 3.43. The molecule has 2 N–H and O–H groups in total. The molecule has 4 nitrogen and oxygen atoms in total. The summed E-state index contributed by atoms with van der Waals surface area (Å²) >= 11 is 0. The number of aromatic nitrogens is 1. The molecule has 7 heteroatoms. The van der Waals surface area contributed by atoms with Crippen LogP contribution in [0.4, 0.5) is 13.2 Å².